The summed E-state index contributed by atoms with van der Waals surface area (Å²) in [6.07, 6.45) is 4.78. The van der Waals surface area contributed by atoms with Crippen molar-refractivity contribution in [2.75, 3.05) is 26.7 Å². The minimum atomic E-state index is 0.761. The molecule has 0 aliphatic rings. The minimum Gasteiger partial charge on any atom is -0.494 e. The number of ether oxygens (including phenoxy) is 1. The van der Waals surface area contributed by atoms with Gasteiger partial charge in [-0.25, -0.2) is 4.98 Å². The van der Waals surface area contributed by atoms with Crippen molar-refractivity contribution in [1.82, 2.24) is 15.6 Å². The fourth-order valence-corrected chi connectivity index (χ4v) is 3.15. The van der Waals surface area contributed by atoms with Crippen LogP contribution in [-0.4, -0.2) is 37.7 Å². The SMILES string of the molecule is CCCOc1cccc(CCNC(=NC)NCCc2ncc(C)s2)c1. The van der Waals surface area contributed by atoms with E-state index in [1.807, 2.05) is 18.3 Å². The Morgan fingerprint density at radius 2 is 2.04 bits per heavy atom. The van der Waals surface area contributed by atoms with Crippen LogP contribution in [-0.2, 0) is 12.8 Å². The van der Waals surface area contributed by atoms with Crippen LogP contribution < -0.4 is 15.4 Å². The molecule has 0 fully saturated rings. The first kappa shape index (κ1) is 19.2. The maximum Gasteiger partial charge on any atom is 0.191 e. The van der Waals surface area contributed by atoms with Gasteiger partial charge in [-0.15, -0.1) is 11.3 Å². The molecule has 2 rings (SSSR count). The smallest absolute Gasteiger partial charge is 0.191 e. The molecule has 1 aromatic heterocycles. The summed E-state index contributed by atoms with van der Waals surface area (Å²) in [6.45, 7) is 6.61. The molecule has 0 aliphatic heterocycles. The molecular weight excluding hydrogens is 332 g/mol. The maximum absolute atomic E-state index is 5.68. The summed E-state index contributed by atoms with van der Waals surface area (Å²) in [5.74, 6) is 1.77. The first-order chi connectivity index (χ1) is 12.2. The number of benzene rings is 1. The van der Waals surface area contributed by atoms with Crippen molar-refractivity contribution in [3.63, 3.8) is 0 Å². The molecule has 136 valence electrons. The highest BCUT2D eigenvalue weighted by Crippen LogP contribution is 2.14. The van der Waals surface area contributed by atoms with E-state index in [9.17, 15) is 0 Å². The van der Waals surface area contributed by atoms with E-state index in [-0.39, 0.29) is 0 Å². The molecule has 0 saturated carbocycles. The monoisotopic (exact) mass is 360 g/mol. The van der Waals surface area contributed by atoms with Gasteiger partial charge in [0.05, 0.1) is 11.6 Å². The molecule has 0 spiro atoms. The molecule has 0 bridgehead atoms. The molecule has 2 N–H and O–H groups in total. The number of aryl methyl sites for hydroxylation is 1. The molecule has 1 aromatic carbocycles. The first-order valence-electron chi connectivity index (χ1n) is 8.79. The van der Waals surface area contributed by atoms with Gasteiger partial charge in [-0.2, -0.15) is 0 Å². The summed E-state index contributed by atoms with van der Waals surface area (Å²) in [4.78, 5) is 9.89. The Hall–Kier alpha value is -2.08. The normalized spacial score (nSPS) is 11.4. The number of nitrogens with zero attached hydrogens (tertiary/aromatic N) is 2. The number of nitrogens with one attached hydrogen (secondary N) is 2. The second-order valence-corrected chi connectivity index (χ2v) is 7.11. The lowest BCUT2D eigenvalue weighted by atomic mass is 10.1. The highest BCUT2D eigenvalue weighted by atomic mass is 32.1. The van der Waals surface area contributed by atoms with Gasteiger partial charge in [-0.3, -0.25) is 4.99 Å². The highest BCUT2D eigenvalue weighted by Gasteiger charge is 2.02. The Balaban J connectivity index is 1.70. The number of aromatic nitrogens is 1. The fraction of sp³-hybridized carbons (Fsp3) is 0.474. The Labute approximate surface area is 154 Å². The third-order valence-corrected chi connectivity index (χ3v) is 4.57. The van der Waals surface area contributed by atoms with Gasteiger partial charge in [0, 0.05) is 37.6 Å². The summed E-state index contributed by atoms with van der Waals surface area (Å²) in [7, 11) is 1.79. The lowest BCUT2D eigenvalue weighted by molar-refractivity contribution is 0.317. The molecule has 2 aromatic rings. The third kappa shape index (κ3) is 7.13. The lowest BCUT2D eigenvalue weighted by Crippen LogP contribution is -2.39. The quantitative estimate of drug-likeness (QED) is 0.533. The van der Waals surface area contributed by atoms with Gasteiger partial charge in [-0.1, -0.05) is 19.1 Å². The van der Waals surface area contributed by atoms with Crippen LogP contribution in [0.3, 0.4) is 0 Å². The topological polar surface area (TPSA) is 58.5 Å². The molecule has 5 nitrogen and oxygen atoms in total. The first-order valence-corrected chi connectivity index (χ1v) is 9.60. The van der Waals surface area contributed by atoms with Gasteiger partial charge in [-0.05, 0) is 37.5 Å². The lowest BCUT2D eigenvalue weighted by Gasteiger charge is -2.12. The predicted molar refractivity (Wildman–Crippen MR) is 106 cm³/mol. The van der Waals surface area contributed by atoms with Crippen LogP contribution in [0.4, 0.5) is 0 Å². The van der Waals surface area contributed by atoms with Crippen molar-refractivity contribution in [3.8, 4) is 5.75 Å². The predicted octanol–water partition coefficient (Wildman–Crippen LogP) is 3.19. The largest absolute Gasteiger partial charge is 0.494 e. The summed E-state index contributed by atoms with van der Waals surface area (Å²) >= 11 is 1.75. The van der Waals surface area contributed by atoms with Gasteiger partial charge in [0.2, 0.25) is 0 Å². The maximum atomic E-state index is 5.68. The van der Waals surface area contributed by atoms with E-state index in [2.05, 4.69) is 46.6 Å². The third-order valence-electron chi connectivity index (χ3n) is 3.60. The zero-order valence-corrected chi connectivity index (χ0v) is 16.2. The van der Waals surface area contributed by atoms with E-state index < -0.39 is 0 Å². The van der Waals surface area contributed by atoms with Gasteiger partial charge in [0.25, 0.3) is 0 Å². The fourth-order valence-electron chi connectivity index (χ4n) is 2.36. The molecule has 0 amide bonds. The van der Waals surface area contributed by atoms with Crippen LogP contribution in [0, 0.1) is 6.92 Å². The van der Waals surface area contributed by atoms with Crippen molar-refractivity contribution < 1.29 is 4.74 Å². The van der Waals surface area contributed by atoms with Crippen LogP contribution >= 0.6 is 11.3 Å². The van der Waals surface area contributed by atoms with Crippen LogP contribution in [0.1, 0.15) is 28.8 Å². The van der Waals surface area contributed by atoms with E-state index in [1.165, 1.54) is 10.4 Å². The molecule has 0 unspecified atom stereocenters. The Kier molecular flexibility index (Phi) is 8.25. The number of hydrogen-bond acceptors (Lipinski definition) is 4. The molecule has 1 heterocycles. The zero-order valence-electron chi connectivity index (χ0n) is 15.3. The minimum absolute atomic E-state index is 0.761. The van der Waals surface area contributed by atoms with E-state index in [4.69, 9.17) is 4.74 Å². The van der Waals surface area contributed by atoms with Gasteiger partial charge >= 0.3 is 0 Å². The summed E-state index contributed by atoms with van der Waals surface area (Å²) in [5, 5.41) is 7.84. The highest BCUT2D eigenvalue weighted by molar-refractivity contribution is 7.11. The van der Waals surface area contributed by atoms with Crippen LogP contribution in [0.5, 0.6) is 5.75 Å². The Morgan fingerprint density at radius 1 is 1.24 bits per heavy atom. The molecule has 0 radical (unpaired) electrons. The Bertz CT molecular complexity index is 669. The second-order valence-electron chi connectivity index (χ2n) is 5.79. The number of rotatable bonds is 9. The van der Waals surface area contributed by atoms with E-state index >= 15 is 0 Å². The number of aliphatic imine (C=N–C) groups is 1. The van der Waals surface area contributed by atoms with Crippen LogP contribution in [0.25, 0.3) is 0 Å². The second kappa shape index (κ2) is 10.7. The molecule has 6 heteroatoms. The summed E-state index contributed by atoms with van der Waals surface area (Å²) < 4.78 is 5.68. The van der Waals surface area contributed by atoms with E-state index in [1.54, 1.807) is 18.4 Å². The number of guanidine groups is 1. The molecule has 0 saturated heterocycles. The van der Waals surface area contributed by atoms with Gasteiger partial charge < -0.3 is 15.4 Å². The number of hydrogen-bond donors (Lipinski definition) is 2. The molecule has 25 heavy (non-hydrogen) atoms. The molecule has 0 aliphatic carbocycles. The molecule has 0 atom stereocenters. The van der Waals surface area contributed by atoms with Crippen LogP contribution in [0.2, 0.25) is 0 Å². The zero-order chi connectivity index (χ0) is 17.9. The number of thiazole rings is 1. The Morgan fingerprint density at radius 3 is 2.72 bits per heavy atom. The standard InChI is InChI=1S/C19H28N4OS/c1-4-12-24-17-7-5-6-16(13-17)8-10-21-19(20-3)22-11-9-18-23-14-15(2)25-18/h5-7,13-14H,4,8-12H2,1-3H3,(H2,20,21,22). The van der Waals surface area contributed by atoms with Crippen molar-refractivity contribution in [1.29, 1.82) is 0 Å². The average Bonchev–Trinajstić information content (AvgIpc) is 3.04. The van der Waals surface area contributed by atoms with E-state index in [0.29, 0.717) is 0 Å². The van der Waals surface area contributed by atoms with Crippen molar-refractivity contribution in [2.45, 2.75) is 33.1 Å². The summed E-state index contributed by atoms with van der Waals surface area (Å²) in [6, 6.07) is 8.29. The van der Waals surface area contributed by atoms with Crippen molar-refractivity contribution in [2.24, 2.45) is 4.99 Å². The van der Waals surface area contributed by atoms with Crippen LogP contribution in [0.15, 0.2) is 35.5 Å². The van der Waals surface area contributed by atoms with Gasteiger partial charge in [0.15, 0.2) is 5.96 Å². The summed E-state index contributed by atoms with van der Waals surface area (Å²) in [5.41, 5.74) is 1.26. The van der Waals surface area contributed by atoms with Gasteiger partial charge in [0.1, 0.15) is 5.75 Å². The van der Waals surface area contributed by atoms with Crippen molar-refractivity contribution >= 4 is 17.3 Å². The van der Waals surface area contributed by atoms with E-state index in [0.717, 1.165) is 55.7 Å². The average molecular weight is 361 g/mol. The molecular formula is C19H28N4OS. The van der Waals surface area contributed by atoms with Crippen molar-refractivity contribution in [3.05, 3.63) is 45.9 Å².